The summed E-state index contributed by atoms with van der Waals surface area (Å²) in [7, 11) is 0. The molecule has 0 aliphatic heterocycles. The molecule has 22 heavy (non-hydrogen) atoms. The van der Waals surface area contributed by atoms with Gasteiger partial charge in [-0.1, -0.05) is 26.0 Å². The van der Waals surface area contributed by atoms with Gasteiger partial charge in [0.25, 0.3) is 0 Å². The molecule has 1 unspecified atom stereocenters. The number of carbonyl (C=O) groups excluding carboxylic acids is 2. The van der Waals surface area contributed by atoms with Crippen LogP contribution in [0.2, 0.25) is 0 Å². The number of hydrogen-bond donors (Lipinski definition) is 2. The van der Waals surface area contributed by atoms with E-state index in [0.717, 1.165) is 15.2 Å². The lowest BCUT2D eigenvalue weighted by atomic mass is 10.0. The molecule has 1 heterocycles. The van der Waals surface area contributed by atoms with E-state index in [2.05, 4.69) is 15.6 Å². The van der Waals surface area contributed by atoms with E-state index in [1.165, 1.54) is 6.92 Å². The van der Waals surface area contributed by atoms with E-state index >= 15 is 0 Å². The first kappa shape index (κ1) is 16.4. The normalized spacial score (nSPS) is 12.4. The summed E-state index contributed by atoms with van der Waals surface area (Å²) >= 11 is 1.64. The summed E-state index contributed by atoms with van der Waals surface area (Å²) in [4.78, 5) is 27.8. The molecule has 5 nitrogen and oxygen atoms in total. The van der Waals surface area contributed by atoms with E-state index in [0.29, 0.717) is 13.0 Å². The maximum Gasteiger partial charge on any atom is 0.242 e. The zero-order valence-corrected chi connectivity index (χ0v) is 13.9. The summed E-state index contributed by atoms with van der Waals surface area (Å²) in [6.45, 7) is 5.76. The van der Waals surface area contributed by atoms with Gasteiger partial charge in [-0.05, 0) is 18.1 Å². The highest BCUT2D eigenvalue weighted by Gasteiger charge is 2.22. The van der Waals surface area contributed by atoms with Crippen LogP contribution in [0.15, 0.2) is 24.3 Å². The molecule has 2 N–H and O–H groups in total. The Bertz CT molecular complexity index is 633. The summed E-state index contributed by atoms with van der Waals surface area (Å²) in [5.74, 6) is -0.294. The number of hydrogen-bond acceptors (Lipinski definition) is 4. The average molecular weight is 319 g/mol. The number of para-hydroxylation sites is 1. The Morgan fingerprint density at radius 3 is 2.64 bits per heavy atom. The van der Waals surface area contributed by atoms with Gasteiger partial charge in [-0.25, -0.2) is 4.98 Å². The number of carbonyl (C=O) groups is 2. The highest BCUT2D eigenvalue weighted by Crippen LogP contribution is 2.21. The molecule has 2 aromatic rings. The third-order valence-electron chi connectivity index (χ3n) is 3.28. The summed E-state index contributed by atoms with van der Waals surface area (Å²) in [5.41, 5.74) is 0.993. The van der Waals surface area contributed by atoms with Crippen molar-refractivity contribution in [3.8, 4) is 0 Å². The summed E-state index contributed by atoms with van der Waals surface area (Å²) < 4.78 is 1.15. The second-order valence-electron chi connectivity index (χ2n) is 5.54. The fourth-order valence-electron chi connectivity index (χ4n) is 2.18. The Morgan fingerprint density at radius 1 is 1.27 bits per heavy atom. The Labute approximate surface area is 134 Å². The molecule has 1 aromatic carbocycles. The van der Waals surface area contributed by atoms with Gasteiger partial charge in [0.1, 0.15) is 6.04 Å². The Morgan fingerprint density at radius 2 is 2.00 bits per heavy atom. The van der Waals surface area contributed by atoms with Gasteiger partial charge < -0.3 is 10.6 Å². The number of nitrogens with zero attached hydrogens (tertiary/aromatic N) is 1. The van der Waals surface area contributed by atoms with Crippen molar-refractivity contribution < 1.29 is 9.59 Å². The number of fused-ring (bicyclic) bond motifs is 1. The van der Waals surface area contributed by atoms with E-state index in [-0.39, 0.29) is 17.7 Å². The average Bonchev–Trinajstić information content (AvgIpc) is 2.86. The SMILES string of the molecule is CC(=O)NC(C(=O)NCCc1nc2ccccc2s1)C(C)C. The molecule has 0 aliphatic carbocycles. The van der Waals surface area contributed by atoms with Crippen molar-refractivity contribution in [2.75, 3.05) is 6.54 Å². The number of benzene rings is 1. The fourth-order valence-corrected chi connectivity index (χ4v) is 3.15. The van der Waals surface area contributed by atoms with Crippen LogP contribution in [0.4, 0.5) is 0 Å². The van der Waals surface area contributed by atoms with E-state index in [4.69, 9.17) is 0 Å². The molecule has 0 aliphatic rings. The second kappa shape index (κ2) is 7.35. The molecule has 2 amide bonds. The lowest BCUT2D eigenvalue weighted by Gasteiger charge is -2.20. The van der Waals surface area contributed by atoms with Crippen LogP contribution in [0.1, 0.15) is 25.8 Å². The molecule has 1 aromatic heterocycles. The molecule has 2 rings (SSSR count). The van der Waals surface area contributed by atoms with Gasteiger partial charge in [-0.3, -0.25) is 9.59 Å². The van der Waals surface area contributed by atoms with Gasteiger partial charge in [0.05, 0.1) is 15.2 Å². The van der Waals surface area contributed by atoms with Crippen molar-refractivity contribution in [3.63, 3.8) is 0 Å². The first-order valence-electron chi connectivity index (χ1n) is 7.36. The van der Waals surface area contributed by atoms with Crippen LogP contribution in [0, 0.1) is 5.92 Å². The highest BCUT2D eigenvalue weighted by molar-refractivity contribution is 7.18. The first-order valence-corrected chi connectivity index (χ1v) is 8.18. The Kier molecular flexibility index (Phi) is 5.49. The molecule has 0 fully saturated rings. The van der Waals surface area contributed by atoms with Crippen LogP contribution in [0.25, 0.3) is 10.2 Å². The highest BCUT2D eigenvalue weighted by atomic mass is 32.1. The zero-order valence-electron chi connectivity index (χ0n) is 13.1. The minimum Gasteiger partial charge on any atom is -0.354 e. The largest absolute Gasteiger partial charge is 0.354 e. The number of rotatable bonds is 6. The fraction of sp³-hybridized carbons (Fsp3) is 0.438. The second-order valence-corrected chi connectivity index (χ2v) is 6.65. The smallest absolute Gasteiger partial charge is 0.242 e. The van der Waals surface area contributed by atoms with Crippen molar-refractivity contribution >= 4 is 33.4 Å². The Hall–Kier alpha value is -1.95. The van der Waals surface area contributed by atoms with Crippen molar-refractivity contribution in [2.24, 2.45) is 5.92 Å². The zero-order chi connectivity index (χ0) is 16.1. The Balaban J connectivity index is 1.89. The summed E-state index contributed by atoms with van der Waals surface area (Å²) in [6.07, 6.45) is 0.690. The topological polar surface area (TPSA) is 71.1 Å². The molecular weight excluding hydrogens is 298 g/mol. The van der Waals surface area contributed by atoms with Crippen molar-refractivity contribution in [1.29, 1.82) is 0 Å². The van der Waals surface area contributed by atoms with Crippen LogP contribution in [-0.2, 0) is 16.0 Å². The third kappa shape index (κ3) is 4.27. The molecular formula is C16H21N3O2S. The van der Waals surface area contributed by atoms with Gasteiger partial charge in [0.15, 0.2) is 0 Å². The lowest BCUT2D eigenvalue weighted by molar-refractivity contribution is -0.129. The minimum atomic E-state index is -0.493. The number of nitrogens with one attached hydrogen (secondary N) is 2. The van der Waals surface area contributed by atoms with Crippen LogP contribution in [0.5, 0.6) is 0 Å². The molecule has 0 bridgehead atoms. The molecule has 0 radical (unpaired) electrons. The molecule has 6 heteroatoms. The maximum absolute atomic E-state index is 12.1. The number of aromatic nitrogens is 1. The third-order valence-corrected chi connectivity index (χ3v) is 4.38. The van der Waals surface area contributed by atoms with E-state index in [9.17, 15) is 9.59 Å². The molecule has 1 atom stereocenters. The van der Waals surface area contributed by atoms with E-state index in [1.54, 1.807) is 11.3 Å². The minimum absolute atomic E-state index is 0.0475. The monoisotopic (exact) mass is 319 g/mol. The quantitative estimate of drug-likeness (QED) is 0.857. The van der Waals surface area contributed by atoms with Gasteiger partial charge in [-0.2, -0.15) is 0 Å². The van der Waals surface area contributed by atoms with E-state index in [1.807, 2.05) is 38.1 Å². The standard InChI is InChI=1S/C16H21N3O2S/c1-10(2)15(18-11(3)20)16(21)17-9-8-14-19-12-6-4-5-7-13(12)22-14/h4-7,10,15H,8-9H2,1-3H3,(H,17,21)(H,18,20). The molecule has 0 spiro atoms. The first-order chi connectivity index (χ1) is 10.5. The summed E-state index contributed by atoms with van der Waals surface area (Å²) in [5, 5.41) is 6.56. The molecule has 118 valence electrons. The van der Waals surface area contributed by atoms with Gasteiger partial charge in [-0.15, -0.1) is 11.3 Å². The molecule has 0 saturated carbocycles. The van der Waals surface area contributed by atoms with Gasteiger partial charge in [0.2, 0.25) is 11.8 Å². The lowest BCUT2D eigenvalue weighted by Crippen LogP contribution is -2.49. The number of amides is 2. The van der Waals surface area contributed by atoms with Crippen LogP contribution in [0.3, 0.4) is 0 Å². The van der Waals surface area contributed by atoms with Gasteiger partial charge in [0, 0.05) is 19.9 Å². The van der Waals surface area contributed by atoms with Gasteiger partial charge >= 0.3 is 0 Å². The predicted octanol–water partition coefficient (Wildman–Crippen LogP) is 2.12. The van der Waals surface area contributed by atoms with Crippen molar-refractivity contribution in [2.45, 2.75) is 33.2 Å². The van der Waals surface area contributed by atoms with E-state index < -0.39 is 6.04 Å². The van der Waals surface area contributed by atoms with Crippen molar-refractivity contribution in [3.05, 3.63) is 29.3 Å². The van der Waals surface area contributed by atoms with Crippen LogP contribution < -0.4 is 10.6 Å². The maximum atomic E-state index is 12.1. The van der Waals surface area contributed by atoms with Crippen LogP contribution >= 0.6 is 11.3 Å². The molecule has 0 saturated heterocycles. The predicted molar refractivity (Wildman–Crippen MR) is 88.8 cm³/mol. The van der Waals surface area contributed by atoms with Crippen molar-refractivity contribution in [1.82, 2.24) is 15.6 Å². The number of thiazole rings is 1. The van der Waals surface area contributed by atoms with Crippen LogP contribution in [-0.4, -0.2) is 29.4 Å². The summed E-state index contributed by atoms with van der Waals surface area (Å²) in [6, 6.07) is 7.49.